The first-order chi connectivity index (χ1) is 10.3. The van der Waals surface area contributed by atoms with Crippen LogP contribution < -0.4 is 10.1 Å². The van der Waals surface area contributed by atoms with Crippen LogP contribution in [0.4, 0.5) is 0 Å². The van der Waals surface area contributed by atoms with Crippen molar-refractivity contribution in [3.63, 3.8) is 0 Å². The van der Waals surface area contributed by atoms with Gasteiger partial charge < -0.3 is 10.1 Å². The summed E-state index contributed by atoms with van der Waals surface area (Å²) in [6, 6.07) is 14.0. The smallest absolute Gasteiger partial charge is 0.122 e. The van der Waals surface area contributed by atoms with Gasteiger partial charge in [-0.1, -0.05) is 24.3 Å². The van der Waals surface area contributed by atoms with Gasteiger partial charge in [0, 0.05) is 17.0 Å². The van der Waals surface area contributed by atoms with E-state index in [1.807, 2.05) is 17.4 Å². The van der Waals surface area contributed by atoms with E-state index in [9.17, 15) is 0 Å². The Morgan fingerprint density at radius 2 is 2.05 bits per heavy atom. The average molecular weight is 301 g/mol. The van der Waals surface area contributed by atoms with E-state index in [1.165, 1.54) is 23.3 Å². The second-order valence-electron chi connectivity index (χ2n) is 5.96. The van der Waals surface area contributed by atoms with Gasteiger partial charge in [0.05, 0.1) is 7.11 Å². The Morgan fingerprint density at radius 3 is 2.76 bits per heavy atom. The maximum atomic E-state index is 5.47. The van der Waals surface area contributed by atoms with Gasteiger partial charge in [0.1, 0.15) is 5.75 Å². The zero-order valence-corrected chi connectivity index (χ0v) is 13.5. The number of para-hydroxylation sites is 1. The molecule has 3 heteroatoms. The summed E-state index contributed by atoms with van der Waals surface area (Å²) in [6.45, 7) is 2.29. The zero-order chi connectivity index (χ0) is 14.7. The largest absolute Gasteiger partial charge is 0.496 e. The third kappa shape index (κ3) is 3.47. The Hall–Kier alpha value is -1.32. The van der Waals surface area contributed by atoms with Gasteiger partial charge in [-0.2, -0.15) is 0 Å². The van der Waals surface area contributed by atoms with Crippen molar-refractivity contribution in [2.45, 2.75) is 44.2 Å². The van der Waals surface area contributed by atoms with E-state index < -0.39 is 0 Å². The molecule has 1 aromatic carbocycles. The summed E-state index contributed by atoms with van der Waals surface area (Å²) in [5.41, 5.74) is 1.36. The molecule has 112 valence electrons. The van der Waals surface area contributed by atoms with Crippen molar-refractivity contribution in [3.05, 3.63) is 52.2 Å². The van der Waals surface area contributed by atoms with Gasteiger partial charge in [-0.3, -0.25) is 0 Å². The van der Waals surface area contributed by atoms with E-state index in [1.54, 1.807) is 7.11 Å². The van der Waals surface area contributed by atoms with Crippen molar-refractivity contribution in [1.82, 2.24) is 5.32 Å². The predicted molar refractivity (Wildman–Crippen MR) is 89.4 cm³/mol. The number of rotatable bonds is 6. The highest BCUT2D eigenvalue weighted by molar-refractivity contribution is 7.09. The fourth-order valence-corrected chi connectivity index (χ4v) is 4.04. The van der Waals surface area contributed by atoms with Gasteiger partial charge in [-0.15, -0.1) is 11.3 Å². The number of nitrogens with one attached hydrogen (secondary N) is 1. The molecule has 0 spiro atoms. The molecule has 1 aromatic heterocycles. The fourth-order valence-electron chi connectivity index (χ4n) is 3.20. The highest BCUT2D eigenvalue weighted by Crippen LogP contribution is 2.41. The molecule has 1 atom stereocenters. The first-order valence-electron chi connectivity index (χ1n) is 7.67. The van der Waals surface area contributed by atoms with Crippen LogP contribution in [-0.4, -0.2) is 19.2 Å². The molecule has 1 N–H and O–H groups in total. The van der Waals surface area contributed by atoms with E-state index in [-0.39, 0.29) is 0 Å². The molecule has 0 radical (unpaired) electrons. The Morgan fingerprint density at radius 1 is 1.24 bits per heavy atom. The molecule has 1 unspecified atom stereocenters. The Bertz CT molecular complexity index is 560. The summed E-state index contributed by atoms with van der Waals surface area (Å²) in [5.74, 6) is 1.68. The van der Waals surface area contributed by atoms with Crippen LogP contribution in [0.25, 0.3) is 0 Å². The molecule has 1 aliphatic carbocycles. The lowest BCUT2D eigenvalue weighted by Gasteiger charge is -2.38. The summed E-state index contributed by atoms with van der Waals surface area (Å²) in [4.78, 5) is 1.47. The van der Waals surface area contributed by atoms with Gasteiger partial charge in [-0.05, 0) is 55.2 Å². The van der Waals surface area contributed by atoms with Crippen LogP contribution in [0.1, 0.15) is 36.1 Å². The summed E-state index contributed by atoms with van der Waals surface area (Å²) >= 11 is 1.85. The van der Waals surface area contributed by atoms with E-state index in [0.29, 0.717) is 18.0 Å². The number of thiophene rings is 1. The van der Waals surface area contributed by atoms with Crippen molar-refractivity contribution in [2.24, 2.45) is 0 Å². The van der Waals surface area contributed by atoms with Crippen molar-refractivity contribution < 1.29 is 4.74 Å². The van der Waals surface area contributed by atoms with Crippen molar-refractivity contribution >= 4 is 11.3 Å². The van der Waals surface area contributed by atoms with Crippen LogP contribution in [-0.2, 0) is 6.42 Å². The minimum Gasteiger partial charge on any atom is -0.496 e. The summed E-state index contributed by atoms with van der Waals surface area (Å²) < 4.78 is 5.47. The Labute approximate surface area is 131 Å². The fraction of sp³-hybridized carbons (Fsp3) is 0.444. The highest BCUT2D eigenvalue weighted by atomic mass is 32.1. The SMILES string of the molecule is COc1ccccc1C1CC(NC(C)Cc2cccs2)C1. The summed E-state index contributed by atoms with van der Waals surface area (Å²) in [5, 5.41) is 5.91. The van der Waals surface area contributed by atoms with Gasteiger partial charge >= 0.3 is 0 Å². The number of ether oxygens (including phenoxy) is 1. The lowest BCUT2D eigenvalue weighted by Crippen LogP contribution is -2.45. The minimum absolute atomic E-state index is 0.548. The molecule has 2 nitrogen and oxygen atoms in total. The van der Waals surface area contributed by atoms with Crippen LogP contribution >= 0.6 is 11.3 Å². The van der Waals surface area contributed by atoms with Crippen LogP contribution in [0.15, 0.2) is 41.8 Å². The molecule has 1 aliphatic rings. The standard InChI is InChI=1S/C18H23NOS/c1-13(10-16-6-5-9-21-16)19-15-11-14(12-15)17-7-3-4-8-18(17)20-2/h3-9,13-15,19H,10-12H2,1-2H3. The molecular formula is C18H23NOS. The third-order valence-electron chi connectivity index (χ3n) is 4.32. The molecule has 2 aromatic rings. The van der Waals surface area contributed by atoms with E-state index in [0.717, 1.165) is 12.2 Å². The number of benzene rings is 1. The lowest BCUT2D eigenvalue weighted by molar-refractivity contribution is 0.263. The quantitative estimate of drug-likeness (QED) is 0.862. The minimum atomic E-state index is 0.548. The zero-order valence-electron chi connectivity index (χ0n) is 12.7. The number of methoxy groups -OCH3 is 1. The molecule has 3 rings (SSSR count). The molecule has 1 saturated carbocycles. The first-order valence-corrected chi connectivity index (χ1v) is 8.55. The van der Waals surface area contributed by atoms with Crippen LogP contribution in [0.3, 0.4) is 0 Å². The predicted octanol–water partition coefficient (Wildman–Crippen LogP) is 4.22. The van der Waals surface area contributed by atoms with Crippen LogP contribution in [0.2, 0.25) is 0 Å². The maximum absolute atomic E-state index is 5.47. The average Bonchev–Trinajstić information content (AvgIpc) is 2.95. The first kappa shape index (κ1) is 14.6. The number of hydrogen-bond donors (Lipinski definition) is 1. The molecule has 1 heterocycles. The van der Waals surface area contributed by atoms with E-state index in [2.05, 4.69) is 48.0 Å². The van der Waals surface area contributed by atoms with E-state index >= 15 is 0 Å². The normalized spacial score (nSPS) is 22.6. The number of hydrogen-bond acceptors (Lipinski definition) is 3. The second-order valence-corrected chi connectivity index (χ2v) is 6.99. The maximum Gasteiger partial charge on any atom is 0.122 e. The molecule has 1 fully saturated rings. The molecule has 0 amide bonds. The monoisotopic (exact) mass is 301 g/mol. The van der Waals surface area contributed by atoms with E-state index in [4.69, 9.17) is 4.74 Å². The Kier molecular flexibility index (Phi) is 4.61. The molecule has 0 bridgehead atoms. The third-order valence-corrected chi connectivity index (χ3v) is 5.22. The van der Waals surface area contributed by atoms with Gasteiger partial charge in [0.2, 0.25) is 0 Å². The lowest BCUT2D eigenvalue weighted by atomic mass is 9.75. The van der Waals surface area contributed by atoms with Gasteiger partial charge in [0.15, 0.2) is 0 Å². The van der Waals surface area contributed by atoms with Gasteiger partial charge in [0.25, 0.3) is 0 Å². The van der Waals surface area contributed by atoms with Crippen LogP contribution in [0.5, 0.6) is 5.75 Å². The van der Waals surface area contributed by atoms with Crippen molar-refractivity contribution in [1.29, 1.82) is 0 Å². The topological polar surface area (TPSA) is 21.3 Å². The summed E-state index contributed by atoms with van der Waals surface area (Å²) in [7, 11) is 1.76. The molecule has 21 heavy (non-hydrogen) atoms. The summed E-state index contributed by atoms with van der Waals surface area (Å²) in [6.07, 6.45) is 3.57. The highest BCUT2D eigenvalue weighted by Gasteiger charge is 2.32. The molecular weight excluding hydrogens is 278 g/mol. The molecule has 0 saturated heterocycles. The Balaban J connectivity index is 1.49. The van der Waals surface area contributed by atoms with Crippen LogP contribution in [0, 0.1) is 0 Å². The molecule has 0 aliphatic heterocycles. The van der Waals surface area contributed by atoms with Crippen molar-refractivity contribution in [3.8, 4) is 5.75 Å². The van der Waals surface area contributed by atoms with Crippen molar-refractivity contribution in [2.75, 3.05) is 7.11 Å². The van der Waals surface area contributed by atoms with Gasteiger partial charge in [-0.25, -0.2) is 0 Å². The second kappa shape index (κ2) is 6.63.